The van der Waals surface area contributed by atoms with Crippen molar-refractivity contribution in [3.05, 3.63) is 108 Å². The van der Waals surface area contributed by atoms with E-state index in [9.17, 15) is 19.7 Å². The first-order valence-corrected chi connectivity index (χ1v) is 11.9. The molecule has 0 aromatic heterocycles. The Hall–Kier alpha value is -3.14. The Kier molecular flexibility index (Phi) is 7.35. The summed E-state index contributed by atoms with van der Waals surface area (Å²) in [5.41, 5.74) is 2.15. The number of ether oxygens (including phenoxy) is 1. The molecule has 0 saturated carbocycles. The average Bonchev–Trinajstić information content (AvgIpc) is 3.07. The number of nitro groups is 1. The Balaban J connectivity index is 1.44. The van der Waals surface area contributed by atoms with Gasteiger partial charge in [0.2, 0.25) is 0 Å². The monoisotopic (exact) mass is 558 g/mol. The number of thioether (sulfide) groups is 1. The minimum absolute atomic E-state index is 0.0402. The summed E-state index contributed by atoms with van der Waals surface area (Å²) < 4.78 is 6.54. The zero-order chi connectivity index (χ0) is 24.2. The SMILES string of the molecule is O=C1S/C(=C\c2ccc(OCc3ccccc3Cl)c(Br)c2)C(=O)N1Cc1ccc([N+](=O)[O-])cc1. The molecule has 0 spiro atoms. The zero-order valence-electron chi connectivity index (χ0n) is 17.4. The second-order valence-electron chi connectivity index (χ2n) is 7.26. The Morgan fingerprint density at radius 3 is 2.50 bits per heavy atom. The van der Waals surface area contributed by atoms with Crippen LogP contribution in [0.3, 0.4) is 0 Å². The van der Waals surface area contributed by atoms with E-state index in [4.69, 9.17) is 16.3 Å². The smallest absolute Gasteiger partial charge is 0.293 e. The van der Waals surface area contributed by atoms with Crippen molar-refractivity contribution in [3.63, 3.8) is 0 Å². The number of carbonyl (C=O) groups excluding carboxylic acids is 2. The summed E-state index contributed by atoms with van der Waals surface area (Å²) in [6.45, 7) is 0.345. The number of carbonyl (C=O) groups is 2. The highest BCUT2D eigenvalue weighted by Crippen LogP contribution is 2.35. The van der Waals surface area contributed by atoms with Crippen molar-refractivity contribution in [2.75, 3.05) is 0 Å². The first kappa shape index (κ1) is 24.0. The standard InChI is InChI=1S/C24H16BrClN2O5S/c25-19-11-16(7-10-21(19)33-14-17-3-1-2-4-20(17)26)12-22-23(29)27(24(30)34-22)13-15-5-8-18(9-6-15)28(31)32/h1-12H,13-14H2/b22-12-. The third kappa shape index (κ3) is 5.49. The molecule has 0 aliphatic carbocycles. The highest BCUT2D eigenvalue weighted by atomic mass is 79.9. The molecule has 3 aromatic carbocycles. The number of benzene rings is 3. The Morgan fingerprint density at radius 2 is 1.82 bits per heavy atom. The maximum Gasteiger partial charge on any atom is 0.293 e. The van der Waals surface area contributed by atoms with Crippen LogP contribution in [0.5, 0.6) is 5.75 Å². The minimum Gasteiger partial charge on any atom is -0.488 e. The molecule has 1 aliphatic rings. The molecular weight excluding hydrogens is 544 g/mol. The van der Waals surface area contributed by atoms with E-state index >= 15 is 0 Å². The number of non-ortho nitro benzene ring substituents is 1. The molecule has 1 aliphatic heterocycles. The van der Waals surface area contributed by atoms with Crippen molar-refractivity contribution >= 4 is 62.2 Å². The molecule has 0 N–H and O–H groups in total. The van der Waals surface area contributed by atoms with Gasteiger partial charge in [-0.25, -0.2) is 0 Å². The summed E-state index contributed by atoms with van der Waals surface area (Å²) >= 11 is 10.5. The van der Waals surface area contributed by atoms with Crippen LogP contribution in [0.15, 0.2) is 76.1 Å². The fraction of sp³-hybridized carbons (Fsp3) is 0.0833. The molecule has 0 unspecified atom stereocenters. The van der Waals surface area contributed by atoms with Crippen LogP contribution in [0, 0.1) is 10.1 Å². The third-order valence-corrected chi connectivity index (χ3v) is 6.85. The number of nitrogens with zero attached hydrogens (tertiary/aromatic N) is 2. The molecule has 0 bridgehead atoms. The van der Waals surface area contributed by atoms with Crippen LogP contribution in [-0.4, -0.2) is 21.0 Å². The molecule has 0 radical (unpaired) electrons. The highest BCUT2D eigenvalue weighted by Gasteiger charge is 2.35. The van der Waals surface area contributed by atoms with Gasteiger partial charge in [-0.2, -0.15) is 0 Å². The van der Waals surface area contributed by atoms with Crippen molar-refractivity contribution in [3.8, 4) is 5.75 Å². The van der Waals surface area contributed by atoms with Crippen LogP contribution in [0.2, 0.25) is 5.02 Å². The number of imide groups is 1. The molecule has 1 saturated heterocycles. The van der Waals surface area contributed by atoms with Crippen LogP contribution in [-0.2, 0) is 17.9 Å². The fourth-order valence-corrected chi connectivity index (χ4v) is 4.73. The summed E-state index contributed by atoms with van der Waals surface area (Å²) in [6, 6.07) is 18.5. The van der Waals surface area contributed by atoms with Crippen molar-refractivity contribution < 1.29 is 19.2 Å². The number of nitro benzene ring substituents is 1. The first-order chi connectivity index (χ1) is 16.3. The van der Waals surface area contributed by atoms with Gasteiger partial charge < -0.3 is 4.74 Å². The fourth-order valence-electron chi connectivity index (χ4n) is 3.19. The number of hydrogen-bond acceptors (Lipinski definition) is 6. The largest absolute Gasteiger partial charge is 0.488 e. The van der Waals surface area contributed by atoms with Crippen molar-refractivity contribution in [1.82, 2.24) is 4.90 Å². The van der Waals surface area contributed by atoms with Crippen LogP contribution in [0.25, 0.3) is 6.08 Å². The molecule has 7 nitrogen and oxygen atoms in total. The molecule has 10 heteroatoms. The molecule has 172 valence electrons. The topological polar surface area (TPSA) is 89.8 Å². The Morgan fingerprint density at radius 1 is 1.09 bits per heavy atom. The van der Waals surface area contributed by atoms with Gasteiger partial charge in [0.05, 0.1) is 20.8 Å². The summed E-state index contributed by atoms with van der Waals surface area (Å²) in [5.74, 6) is 0.201. The molecule has 3 aromatic rings. The summed E-state index contributed by atoms with van der Waals surface area (Å²) in [5, 5.41) is 11.0. The summed E-state index contributed by atoms with van der Waals surface area (Å²) in [4.78, 5) is 36.9. The van der Waals surface area contributed by atoms with Gasteiger partial charge in [0, 0.05) is 22.7 Å². The molecule has 4 rings (SSSR count). The number of hydrogen-bond donors (Lipinski definition) is 0. The van der Waals surface area contributed by atoms with Crippen LogP contribution >= 0.6 is 39.3 Å². The van der Waals surface area contributed by atoms with Crippen LogP contribution in [0.1, 0.15) is 16.7 Å². The number of rotatable bonds is 7. The first-order valence-electron chi connectivity index (χ1n) is 9.96. The van der Waals surface area contributed by atoms with Gasteiger partial charge in [-0.15, -0.1) is 0 Å². The third-order valence-electron chi connectivity index (χ3n) is 4.96. The molecule has 1 fully saturated rings. The number of amides is 2. The summed E-state index contributed by atoms with van der Waals surface area (Å²) in [6.07, 6.45) is 1.64. The predicted octanol–water partition coefficient (Wildman–Crippen LogP) is 6.83. The molecule has 2 amide bonds. The van der Waals surface area contributed by atoms with E-state index in [1.54, 1.807) is 30.3 Å². The van der Waals surface area contributed by atoms with Crippen LogP contribution in [0.4, 0.5) is 10.5 Å². The second-order valence-corrected chi connectivity index (χ2v) is 9.52. The maximum atomic E-state index is 12.8. The molecule has 34 heavy (non-hydrogen) atoms. The predicted molar refractivity (Wildman–Crippen MR) is 135 cm³/mol. The lowest BCUT2D eigenvalue weighted by Gasteiger charge is -2.12. The normalized spacial score (nSPS) is 14.6. The quantitative estimate of drug-likeness (QED) is 0.179. The van der Waals surface area contributed by atoms with Gasteiger partial charge in [0.25, 0.3) is 16.8 Å². The minimum atomic E-state index is -0.502. The second kappa shape index (κ2) is 10.4. The number of halogens is 2. The Bertz CT molecular complexity index is 1310. The van der Waals surface area contributed by atoms with E-state index in [1.807, 2.05) is 18.2 Å². The van der Waals surface area contributed by atoms with Crippen molar-refractivity contribution in [1.29, 1.82) is 0 Å². The van der Waals surface area contributed by atoms with Crippen molar-refractivity contribution in [2.24, 2.45) is 0 Å². The van der Waals surface area contributed by atoms with E-state index in [2.05, 4.69) is 15.9 Å². The lowest BCUT2D eigenvalue weighted by atomic mass is 10.2. The average molecular weight is 560 g/mol. The Labute approximate surface area is 212 Å². The summed E-state index contributed by atoms with van der Waals surface area (Å²) in [7, 11) is 0. The molecule has 1 heterocycles. The maximum absolute atomic E-state index is 12.8. The van der Waals surface area contributed by atoms with E-state index in [-0.39, 0.29) is 12.2 Å². The van der Waals surface area contributed by atoms with Gasteiger partial charge in [-0.3, -0.25) is 24.6 Å². The molecular formula is C24H16BrClN2O5S. The van der Waals surface area contributed by atoms with Crippen LogP contribution < -0.4 is 4.74 Å². The van der Waals surface area contributed by atoms with Gasteiger partial charge >= 0.3 is 0 Å². The van der Waals surface area contributed by atoms with E-state index in [1.165, 1.54) is 24.3 Å². The zero-order valence-corrected chi connectivity index (χ0v) is 20.6. The van der Waals surface area contributed by atoms with E-state index in [0.29, 0.717) is 32.3 Å². The van der Waals surface area contributed by atoms with E-state index in [0.717, 1.165) is 27.8 Å². The van der Waals surface area contributed by atoms with Gasteiger partial charge in [0.15, 0.2) is 0 Å². The highest BCUT2D eigenvalue weighted by molar-refractivity contribution is 9.10. The lowest BCUT2D eigenvalue weighted by Crippen LogP contribution is -2.27. The van der Waals surface area contributed by atoms with Gasteiger partial charge in [-0.1, -0.05) is 48.0 Å². The lowest BCUT2D eigenvalue weighted by molar-refractivity contribution is -0.384. The van der Waals surface area contributed by atoms with Crippen molar-refractivity contribution in [2.45, 2.75) is 13.2 Å². The van der Waals surface area contributed by atoms with Gasteiger partial charge in [0.1, 0.15) is 12.4 Å². The van der Waals surface area contributed by atoms with E-state index < -0.39 is 16.1 Å². The molecule has 0 atom stereocenters. The van der Waals surface area contributed by atoms with Gasteiger partial charge in [-0.05, 0) is 63.1 Å².